The van der Waals surface area contributed by atoms with Gasteiger partial charge in [0.1, 0.15) is 16.4 Å². The van der Waals surface area contributed by atoms with Crippen molar-refractivity contribution in [2.75, 3.05) is 18.4 Å². The molecule has 8 nitrogen and oxygen atoms in total. The van der Waals surface area contributed by atoms with E-state index in [1.54, 1.807) is 28.4 Å². The number of thiophene rings is 1. The molecule has 4 aromatic rings. The van der Waals surface area contributed by atoms with E-state index in [1.807, 2.05) is 30.3 Å². The molecule has 0 saturated heterocycles. The molecule has 3 aromatic heterocycles. The summed E-state index contributed by atoms with van der Waals surface area (Å²) >= 11 is 1.18. The summed E-state index contributed by atoms with van der Waals surface area (Å²) in [6.07, 6.45) is 3.15. The first kappa shape index (κ1) is 17.6. The van der Waals surface area contributed by atoms with Crippen LogP contribution in [-0.4, -0.2) is 41.3 Å². The van der Waals surface area contributed by atoms with E-state index in [-0.39, 0.29) is 6.54 Å². The molecule has 27 heavy (non-hydrogen) atoms. The monoisotopic (exact) mass is 400 g/mol. The number of aromatic nitrogens is 4. The average Bonchev–Trinajstić information content (AvgIpc) is 3.36. The molecule has 0 fully saturated rings. The van der Waals surface area contributed by atoms with Crippen molar-refractivity contribution in [1.82, 2.24) is 24.5 Å². The smallest absolute Gasteiger partial charge is 0.250 e. The molecule has 1 aromatic carbocycles. The molecule has 0 unspecified atom stereocenters. The van der Waals surface area contributed by atoms with Gasteiger partial charge in [0.05, 0.1) is 17.3 Å². The molecule has 0 amide bonds. The molecular weight excluding hydrogens is 384 g/mol. The van der Waals surface area contributed by atoms with Gasteiger partial charge >= 0.3 is 0 Å². The zero-order valence-electron chi connectivity index (χ0n) is 14.1. The van der Waals surface area contributed by atoms with Crippen LogP contribution in [0.3, 0.4) is 0 Å². The second-order valence-corrected chi connectivity index (χ2v) is 8.55. The van der Waals surface area contributed by atoms with E-state index >= 15 is 0 Å². The highest BCUT2D eigenvalue weighted by Gasteiger charge is 2.14. The fourth-order valence-electron chi connectivity index (χ4n) is 2.60. The number of benzene rings is 1. The van der Waals surface area contributed by atoms with E-state index in [9.17, 15) is 8.42 Å². The lowest BCUT2D eigenvalue weighted by Gasteiger charge is -2.08. The number of fused-ring (bicyclic) bond motifs is 1. The lowest BCUT2D eigenvalue weighted by Crippen LogP contribution is -2.28. The molecule has 0 radical (unpaired) electrons. The standard InChI is InChI=1S/C17H16N6O2S2/c24-27(25,15-7-4-10-26-15)22-9-8-18-16-14-11-21-23(17(14)20-12-19-16)13-5-2-1-3-6-13/h1-7,10-12,22H,8-9H2,(H,18,19,20). The number of sulfonamides is 1. The summed E-state index contributed by atoms with van der Waals surface area (Å²) in [6.45, 7) is 0.617. The van der Waals surface area contributed by atoms with Gasteiger partial charge in [-0.15, -0.1) is 11.3 Å². The first-order valence-corrected chi connectivity index (χ1v) is 10.5. The minimum absolute atomic E-state index is 0.235. The van der Waals surface area contributed by atoms with Crippen LogP contribution in [-0.2, 0) is 10.0 Å². The molecule has 0 atom stereocenters. The number of hydrogen-bond acceptors (Lipinski definition) is 7. The van der Waals surface area contributed by atoms with Crippen molar-refractivity contribution in [2.24, 2.45) is 0 Å². The normalized spacial score (nSPS) is 11.7. The fraction of sp³-hybridized carbons (Fsp3) is 0.118. The van der Waals surface area contributed by atoms with E-state index in [1.165, 1.54) is 17.7 Å². The number of rotatable bonds is 7. The van der Waals surface area contributed by atoms with Crippen LogP contribution in [0.5, 0.6) is 0 Å². The highest BCUT2D eigenvalue weighted by Crippen LogP contribution is 2.21. The first-order valence-electron chi connectivity index (χ1n) is 8.16. The summed E-state index contributed by atoms with van der Waals surface area (Å²) in [5.74, 6) is 0.609. The molecule has 10 heteroatoms. The quantitative estimate of drug-likeness (QED) is 0.462. The van der Waals surface area contributed by atoms with Gasteiger partial charge in [-0.3, -0.25) is 0 Å². The molecular formula is C17H16N6O2S2. The second kappa shape index (κ2) is 7.43. The topological polar surface area (TPSA) is 102 Å². The lowest BCUT2D eigenvalue weighted by molar-refractivity contribution is 0.585. The third kappa shape index (κ3) is 3.68. The van der Waals surface area contributed by atoms with Gasteiger partial charge in [-0.05, 0) is 23.6 Å². The third-order valence-corrected chi connectivity index (χ3v) is 6.69. The molecule has 0 spiro atoms. The Morgan fingerprint density at radius 1 is 1.04 bits per heavy atom. The van der Waals surface area contributed by atoms with Crippen molar-refractivity contribution in [3.8, 4) is 5.69 Å². The van der Waals surface area contributed by atoms with Crippen LogP contribution in [0.15, 0.2) is 64.6 Å². The van der Waals surface area contributed by atoms with Crippen molar-refractivity contribution < 1.29 is 8.42 Å². The summed E-state index contributed by atoms with van der Waals surface area (Å²) in [4.78, 5) is 8.57. The van der Waals surface area contributed by atoms with Gasteiger partial charge in [0.2, 0.25) is 10.0 Å². The minimum atomic E-state index is -3.47. The Bertz CT molecular complexity index is 1140. The molecule has 0 aliphatic heterocycles. The van der Waals surface area contributed by atoms with Crippen LogP contribution in [0.2, 0.25) is 0 Å². The molecule has 2 N–H and O–H groups in total. The highest BCUT2D eigenvalue weighted by molar-refractivity contribution is 7.91. The molecule has 138 valence electrons. The summed E-state index contributed by atoms with van der Waals surface area (Å²) < 4.78 is 28.8. The van der Waals surface area contributed by atoms with Crippen molar-refractivity contribution in [2.45, 2.75) is 4.21 Å². The maximum atomic E-state index is 12.1. The zero-order chi connectivity index (χ0) is 18.7. The minimum Gasteiger partial charge on any atom is -0.368 e. The molecule has 0 aliphatic carbocycles. The molecule has 0 aliphatic rings. The summed E-state index contributed by atoms with van der Waals surface area (Å²) in [5.41, 5.74) is 1.58. The predicted molar refractivity (Wildman–Crippen MR) is 105 cm³/mol. The van der Waals surface area contributed by atoms with E-state index in [4.69, 9.17) is 0 Å². The van der Waals surface area contributed by atoms with Crippen LogP contribution < -0.4 is 10.0 Å². The third-order valence-electron chi connectivity index (χ3n) is 3.84. The van der Waals surface area contributed by atoms with Gasteiger partial charge in [-0.2, -0.15) is 5.10 Å². The van der Waals surface area contributed by atoms with E-state index < -0.39 is 10.0 Å². The van der Waals surface area contributed by atoms with E-state index in [2.05, 4.69) is 25.1 Å². The summed E-state index contributed by atoms with van der Waals surface area (Å²) in [5, 5.41) is 10.0. The van der Waals surface area contributed by atoms with Crippen LogP contribution in [0.1, 0.15) is 0 Å². The number of anilines is 1. The zero-order valence-corrected chi connectivity index (χ0v) is 15.7. The van der Waals surface area contributed by atoms with Gasteiger partial charge < -0.3 is 5.32 Å². The Morgan fingerprint density at radius 2 is 1.89 bits per heavy atom. The number of nitrogens with one attached hydrogen (secondary N) is 2. The van der Waals surface area contributed by atoms with E-state index in [0.29, 0.717) is 22.2 Å². The van der Waals surface area contributed by atoms with Gasteiger partial charge in [0.15, 0.2) is 5.65 Å². The number of nitrogens with zero attached hydrogens (tertiary/aromatic N) is 4. The van der Waals surface area contributed by atoms with Crippen LogP contribution >= 0.6 is 11.3 Å². The maximum Gasteiger partial charge on any atom is 0.250 e. The predicted octanol–water partition coefficient (Wildman–Crippen LogP) is 2.27. The van der Waals surface area contributed by atoms with Gasteiger partial charge in [0.25, 0.3) is 0 Å². The number of para-hydroxylation sites is 1. The lowest BCUT2D eigenvalue weighted by atomic mass is 10.3. The molecule has 3 heterocycles. The van der Waals surface area contributed by atoms with Gasteiger partial charge in [0, 0.05) is 13.1 Å². The Hall–Kier alpha value is -2.82. The Balaban J connectivity index is 1.46. The van der Waals surface area contributed by atoms with E-state index in [0.717, 1.165) is 11.1 Å². The van der Waals surface area contributed by atoms with Crippen LogP contribution in [0, 0.1) is 0 Å². The SMILES string of the molecule is O=S(=O)(NCCNc1ncnc2c1cnn2-c1ccccc1)c1cccs1. The fourth-order valence-corrected chi connectivity index (χ4v) is 4.67. The van der Waals surface area contributed by atoms with Crippen molar-refractivity contribution >= 4 is 38.2 Å². The Kier molecular flexibility index (Phi) is 4.84. The molecule has 0 bridgehead atoms. The summed E-state index contributed by atoms with van der Waals surface area (Å²) in [6, 6.07) is 13.0. The average molecular weight is 400 g/mol. The molecule has 0 saturated carbocycles. The van der Waals surface area contributed by atoms with Crippen LogP contribution in [0.4, 0.5) is 5.82 Å². The van der Waals surface area contributed by atoms with Gasteiger partial charge in [-0.1, -0.05) is 24.3 Å². The first-order chi connectivity index (χ1) is 13.1. The van der Waals surface area contributed by atoms with Crippen molar-refractivity contribution in [3.63, 3.8) is 0 Å². The Labute approximate surface area is 160 Å². The Morgan fingerprint density at radius 3 is 2.67 bits per heavy atom. The molecule has 4 rings (SSSR count). The summed E-state index contributed by atoms with van der Waals surface area (Å²) in [7, 11) is -3.47. The van der Waals surface area contributed by atoms with Crippen molar-refractivity contribution in [1.29, 1.82) is 0 Å². The van der Waals surface area contributed by atoms with Crippen LogP contribution in [0.25, 0.3) is 16.7 Å². The number of hydrogen-bond donors (Lipinski definition) is 2. The largest absolute Gasteiger partial charge is 0.368 e. The maximum absolute atomic E-state index is 12.1. The van der Waals surface area contributed by atoms with Gasteiger partial charge in [-0.25, -0.2) is 27.8 Å². The highest BCUT2D eigenvalue weighted by atomic mass is 32.2. The van der Waals surface area contributed by atoms with Crippen molar-refractivity contribution in [3.05, 3.63) is 60.4 Å². The second-order valence-electron chi connectivity index (χ2n) is 5.61.